The van der Waals surface area contributed by atoms with Crippen LogP contribution in [0.2, 0.25) is 0 Å². The smallest absolute Gasteiger partial charge is 0.310 e. The van der Waals surface area contributed by atoms with Gasteiger partial charge in [0.1, 0.15) is 11.5 Å². The quantitative estimate of drug-likeness (QED) is 0.351. The van der Waals surface area contributed by atoms with E-state index in [0.29, 0.717) is 11.3 Å². The molecule has 2 aromatic rings. The monoisotopic (exact) mass is 310 g/mol. The lowest BCUT2D eigenvalue weighted by Crippen LogP contribution is -2.09. The number of ketones is 1. The molecule has 0 saturated carbocycles. The van der Waals surface area contributed by atoms with Gasteiger partial charge in [-0.2, -0.15) is 0 Å². The van der Waals surface area contributed by atoms with Gasteiger partial charge in [0.2, 0.25) is 0 Å². The van der Waals surface area contributed by atoms with Crippen LogP contribution in [0.15, 0.2) is 54.6 Å². The first-order valence-corrected chi connectivity index (χ1v) is 7.30. The molecule has 0 radical (unpaired) electrons. The van der Waals surface area contributed by atoms with Gasteiger partial charge in [0.25, 0.3) is 0 Å². The van der Waals surface area contributed by atoms with Gasteiger partial charge in [-0.15, -0.1) is 0 Å². The summed E-state index contributed by atoms with van der Waals surface area (Å²) in [6.45, 7) is 1.69. The molecule has 0 saturated heterocycles. The molecule has 0 unspecified atom stereocenters. The normalized spacial score (nSPS) is 10.5. The van der Waals surface area contributed by atoms with Gasteiger partial charge in [-0.1, -0.05) is 43.3 Å². The molecule has 118 valence electrons. The van der Waals surface area contributed by atoms with E-state index >= 15 is 0 Å². The number of rotatable bonds is 6. The van der Waals surface area contributed by atoms with Crippen LogP contribution in [0.5, 0.6) is 11.5 Å². The van der Waals surface area contributed by atoms with Gasteiger partial charge in [0, 0.05) is 12.5 Å². The first-order chi connectivity index (χ1) is 11.1. The van der Waals surface area contributed by atoms with Gasteiger partial charge in [-0.3, -0.25) is 9.59 Å². The zero-order valence-corrected chi connectivity index (χ0v) is 13.1. The van der Waals surface area contributed by atoms with Crippen LogP contribution in [0.25, 0.3) is 6.08 Å². The Labute approximate surface area is 135 Å². The fourth-order valence-electron chi connectivity index (χ4n) is 1.94. The van der Waals surface area contributed by atoms with Crippen molar-refractivity contribution in [2.24, 2.45) is 0 Å². The van der Waals surface area contributed by atoms with Crippen molar-refractivity contribution in [3.05, 3.63) is 65.7 Å². The Kier molecular flexibility index (Phi) is 5.69. The minimum Gasteiger partial charge on any atom is -0.497 e. The Bertz CT molecular complexity index is 717. The van der Waals surface area contributed by atoms with Crippen molar-refractivity contribution in [3.8, 4) is 11.5 Å². The summed E-state index contributed by atoms with van der Waals surface area (Å²) in [5.41, 5.74) is 1.24. The average Bonchev–Trinajstić information content (AvgIpc) is 2.60. The van der Waals surface area contributed by atoms with Crippen molar-refractivity contribution in [2.45, 2.75) is 13.3 Å². The lowest BCUT2D eigenvalue weighted by atomic mass is 10.1. The van der Waals surface area contributed by atoms with Crippen LogP contribution in [0, 0.1) is 0 Å². The van der Waals surface area contributed by atoms with Crippen LogP contribution < -0.4 is 9.47 Å². The molecule has 2 aromatic carbocycles. The minimum atomic E-state index is -0.403. The Hall–Kier alpha value is -2.88. The number of ether oxygens (including phenoxy) is 2. The molecule has 0 aliphatic rings. The maximum atomic E-state index is 12.4. The third kappa shape index (κ3) is 4.54. The van der Waals surface area contributed by atoms with Gasteiger partial charge in [0.05, 0.1) is 12.7 Å². The van der Waals surface area contributed by atoms with Crippen molar-refractivity contribution < 1.29 is 19.1 Å². The molecule has 23 heavy (non-hydrogen) atoms. The second-order valence-corrected chi connectivity index (χ2v) is 4.80. The SMILES string of the molecule is CCC(=O)Oc1cc(OC)ccc1C(=O)/C=C\c1ccccc1. The minimum absolute atomic E-state index is 0.207. The highest BCUT2D eigenvalue weighted by molar-refractivity contribution is 6.09. The first kappa shape index (κ1) is 16.5. The highest BCUT2D eigenvalue weighted by Crippen LogP contribution is 2.26. The summed E-state index contributed by atoms with van der Waals surface area (Å²) in [6, 6.07) is 14.3. The number of methoxy groups -OCH3 is 1. The molecule has 0 aliphatic carbocycles. The molecule has 4 heteroatoms. The van der Waals surface area contributed by atoms with E-state index in [4.69, 9.17) is 9.47 Å². The maximum absolute atomic E-state index is 12.4. The van der Waals surface area contributed by atoms with Crippen molar-refractivity contribution >= 4 is 17.8 Å². The molecule has 0 fully saturated rings. The molecule has 0 heterocycles. The number of allylic oxidation sites excluding steroid dienone is 1. The van der Waals surface area contributed by atoms with E-state index in [2.05, 4.69) is 0 Å². The van der Waals surface area contributed by atoms with E-state index < -0.39 is 5.97 Å². The molecule has 0 spiro atoms. The van der Waals surface area contributed by atoms with Crippen LogP contribution in [0.4, 0.5) is 0 Å². The summed E-state index contributed by atoms with van der Waals surface area (Å²) in [4.78, 5) is 23.9. The van der Waals surface area contributed by atoms with Gasteiger partial charge in [-0.25, -0.2) is 0 Å². The molecular weight excluding hydrogens is 292 g/mol. The van der Waals surface area contributed by atoms with E-state index in [9.17, 15) is 9.59 Å². The molecule has 2 rings (SSSR count). The van der Waals surface area contributed by atoms with Crippen molar-refractivity contribution in [1.29, 1.82) is 0 Å². The topological polar surface area (TPSA) is 52.6 Å². The lowest BCUT2D eigenvalue weighted by Gasteiger charge is -2.09. The molecule has 0 amide bonds. The predicted octanol–water partition coefficient (Wildman–Crippen LogP) is 3.91. The van der Waals surface area contributed by atoms with Crippen molar-refractivity contribution in [3.63, 3.8) is 0 Å². The lowest BCUT2D eigenvalue weighted by molar-refractivity contribution is -0.134. The second-order valence-electron chi connectivity index (χ2n) is 4.80. The van der Waals surface area contributed by atoms with E-state index in [1.807, 2.05) is 30.3 Å². The van der Waals surface area contributed by atoms with Crippen molar-refractivity contribution in [1.82, 2.24) is 0 Å². The molecule has 0 N–H and O–H groups in total. The summed E-state index contributed by atoms with van der Waals surface area (Å²) < 4.78 is 10.4. The summed E-state index contributed by atoms with van der Waals surface area (Å²) >= 11 is 0. The van der Waals surface area contributed by atoms with Crippen LogP contribution in [0.3, 0.4) is 0 Å². The number of esters is 1. The molecular formula is C19H18O4. The van der Waals surface area contributed by atoms with Crippen LogP contribution in [-0.4, -0.2) is 18.9 Å². The Balaban J connectivity index is 2.28. The summed E-state index contributed by atoms with van der Waals surface area (Å²) in [6.07, 6.45) is 3.41. The third-order valence-electron chi connectivity index (χ3n) is 3.19. The van der Waals surface area contributed by atoms with Gasteiger partial charge in [-0.05, 0) is 23.8 Å². The van der Waals surface area contributed by atoms with Crippen molar-refractivity contribution in [2.75, 3.05) is 7.11 Å². The highest BCUT2D eigenvalue weighted by Gasteiger charge is 2.14. The zero-order valence-electron chi connectivity index (χ0n) is 13.1. The molecule has 4 nitrogen and oxygen atoms in total. The summed E-state index contributed by atoms with van der Waals surface area (Å²) in [5, 5.41) is 0. The fraction of sp³-hybridized carbons (Fsp3) is 0.158. The first-order valence-electron chi connectivity index (χ1n) is 7.30. The van der Waals surface area contributed by atoms with Crippen LogP contribution in [0.1, 0.15) is 29.3 Å². The Morgan fingerprint density at radius 2 is 1.83 bits per heavy atom. The number of hydrogen-bond acceptors (Lipinski definition) is 4. The van der Waals surface area contributed by atoms with Gasteiger partial charge >= 0.3 is 5.97 Å². The number of benzene rings is 2. The number of carbonyl (C=O) groups is 2. The highest BCUT2D eigenvalue weighted by atomic mass is 16.5. The Morgan fingerprint density at radius 1 is 1.09 bits per heavy atom. The predicted molar refractivity (Wildman–Crippen MR) is 88.7 cm³/mol. The molecule has 0 aliphatic heterocycles. The van der Waals surface area contributed by atoms with E-state index in [0.717, 1.165) is 5.56 Å². The summed E-state index contributed by atoms with van der Waals surface area (Å²) in [5.74, 6) is 0.0844. The summed E-state index contributed by atoms with van der Waals surface area (Å²) in [7, 11) is 1.51. The third-order valence-corrected chi connectivity index (χ3v) is 3.19. The zero-order chi connectivity index (χ0) is 16.7. The van der Waals surface area contributed by atoms with Crippen LogP contribution in [-0.2, 0) is 4.79 Å². The Morgan fingerprint density at radius 3 is 2.48 bits per heavy atom. The van der Waals surface area contributed by atoms with E-state index in [1.165, 1.54) is 19.3 Å². The van der Waals surface area contributed by atoms with Gasteiger partial charge < -0.3 is 9.47 Å². The average molecular weight is 310 g/mol. The molecule has 0 atom stereocenters. The maximum Gasteiger partial charge on any atom is 0.310 e. The largest absolute Gasteiger partial charge is 0.497 e. The van der Waals surface area contributed by atoms with E-state index in [-0.39, 0.29) is 18.0 Å². The fourth-order valence-corrected chi connectivity index (χ4v) is 1.94. The van der Waals surface area contributed by atoms with Crippen LogP contribution >= 0.6 is 0 Å². The van der Waals surface area contributed by atoms with Gasteiger partial charge in [0.15, 0.2) is 5.78 Å². The van der Waals surface area contributed by atoms with E-state index in [1.54, 1.807) is 25.1 Å². The number of carbonyl (C=O) groups excluding carboxylic acids is 2. The number of hydrogen-bond donors (Lipinski definition) is 0. The second kappa shape index (κ2) is 7.94. The molecule has 0 aromatic heterocycles. The molecule has 0 bridgehead atoms. The standard InChI is InChI=1S/C19H18O4/c1-3-19(21)23-18-13-15(22-2)10-11-16(18)17(20)12-9-14-7-5-4-6-8-14/h4-13H,3H2,1-2H3/b12-9-.